The first-order chi connectivity index (χ1) is 14.6. The van der Waals surface area contributed by atoms with Crippen LogP contribution in [-0.2, 0) is 13.5 Å². The largest absolute Gasteiger partial charge is 0.380 e. The number of halogens is 1. The number of hydrogen-bond acceptors (Lipinski definition) is 4. The monoisotopic (exact) mass is 408 g/mol. The molecule has 1 N–H and O–H groups in total. The molecule has 0 aliphatic carbocycles. The molecule has 2 heterocycles. The van der Waals surface area contributed by atoms with Gasteiger partial charge in [0.25, 0.3) is 0 Å². The molecular formula is C24H29FN4O. The lowest BCUT2D eigenvalue weighted by molar-refractivity contribution is 0.205. The van der Waals surface area contributed by atoms with Gasteiger partial charge in [-0.25, -0.2) is 9.37 Å². The van der Waals surface area contributed by atoms with Crippen molar-refractivity contribution in [2.45, 2.75) is 18.9 Å². The van der Waals surface area contributed by atoms with Gasteiger partial charge in [-0.1, -0.05) is 42.5 Å². The molecule has 0 spiro atoms. The molecule has 0 saturated carbocycles. The molecule has 1 aromatic heterocycles. The first kappa shape index (κ1) is 20.6. The first-order valence-corrected chi connectivity index (χ1v) is 10.6. The second-order valence-electron chi connectivity index (χ2n) is 7.89. The molecule has 4 rings (SSSR count). The average molecular weight is 409 g/mol. The minimum absolute atomic E-state index is 0.293. The summed E-state index contributed by atoms with van der Waals surface area (Å²) in [7, 11) is 1.83. The van der Waals surface area contributed by atoms with E-state index in [0.717, 1.165) is 45.6 Å². The molecule has 1 atom stereocenters. The fourth-order valence-electron chi connectivity index (χ4n) is 4.21. The lowest BCUT2D eigenvalue weighted by atomic mass is 10.0. The summed E-state index contributed by atoms with van der Waals surface area (Å²) in [6.45, 7) is 4.31. The van der Waals surface area contributed by atoms with Gasteiger partial charge < -0.3 is 14.6 Å². The molecule has 2 aromatic carbocycles. The molecule has 1 fully saturated rings. The number of aliphatic hydroxyl groups is 1. The average Bonchev–Trinajstić information content (AvgIpc) is 3.20. The third kappa shape index (κ3) is 4.55. The van der Waals surface area contributed by atoms with Gasteiger partial charge in [0.15, 0.2) is 0 Å². The molecule has 0 radical (unpaired) electrons. The number of hydrogen-bond donors (Lipinski definition) is 1. The summed E-state index contributed by atoms with van der Waals surface area (Å²) in [4.78, 5) is 8.74. The van der Waals surface area contributed by atoms with Gasteiger partial charge in [0.1, 0.15) is 17.7 Å². The smallest absolute Gasteiger partial charge is 0.146 e. The maximum atomic E-state index is 14.8. The van der Waals surface area contributed by atoms with E-state index in [9.17, 15) is 9.50 Å². The van der Waals surface area contributed by atoms with E-state index in [1.165, 1.54) is 11.6 Å². The van der Waals surface area contributed by atoms with Crippen molar-refractivity contribution < 1.29 is 9.50 Å². The van der Waals surface area contributed by atoms with Crippen LogP contribution in [0.5, 0.6) is 0 Å². The molecule has 1 saturated heterocycles. The van der Waals surface area contributed by atoms with Crippen molar-refractivity contribution in [3.05, 3.63) is 83.7 Å². The van der Waals surface area contributed by atoms with E-state index in [1.54, 1.807) is 29.1 Å². The third-order valence-electron chi connectivity index (χ3n) is 5.89. The Bertz CT molecular complexity index is 951. The number of nitrogens with zero attached hydrogens (tertiary/aromatic N) is 4. The molecule has 5 nitrogen and oxygen atoms in total. The van der Waals surface area contributed by atoms with E-state index in [4.69, 9.17) is 0 Å². The Labute approximate surface area is 177 Å². The lowest BCUT2D eigenvalue weighted by Gasteiger charge is -2.37. The Morgan fingerprint density at radius 1 is 1.03 bits per heavy atom. The second-order valence-corrected chi connectivity index (χ2v) is 7.89. The maximum absolute atomic E-state index is 14.8. The van der Waals surface area contributed by atoms with Gasteiger partial charge in [0.2, 0.25) is 0 Å². The highest BCUT2D eigenvalue weighted by atomic mass is 19.1. The molecule has 1 aliphatic heterocycles. The number of aliphatic hydroxyl groups excluding tert-OH is 1. The zero-order valence-electron chi connectivity index (χ0n) is 17.4. The zero-order chi connectivity index (χ0) is 20.9. The predicted octanol–water partition coefficient (Wildman–Crippen LogP) is 3.40. The SMILES string of the molecule is Cn1ccnc1[C@H](O)c1cccc(F)c1N1CCN(CCCc2ccccc2)CC1. The normalized spacial score (nSPS) is 16.0. The Kier molecular flexibility index (Phi) is 6.45. The standard InChI is InChI=1S/C24H29FN4O/c1-27-14-12-26-24(27)23(30)20-10-5-11-21(25)22(20)29-17-15-28(16-18-29)13-6-9-19-7-3-2-4-8-19/h2-5,7-8,10-12,14,23,30H,6,9,13,15-18H2,1H3/t23-/m1/s1. The van der Waals surface area contributed by atoms with Gasteiger partial charge in [0, 0.05) is 51.2 Å². The van der Waals surface area contributed by atoms with Crippen molar-refractivity contribution in [2.24, 2.45) is 7.05 Å². The number of aryl methyl sites for hydroxylation is 2. The van der Waals surface area contributed by atoms with Crippen LogP contribution in [0.15, 0.2) is 60.9 Å². The van der Waals surface area contributed by atoms with Gasteiger partial charge in [-0.05, 0) is 31.0 Å². The molecule has 0 unspecified atom stereocenters. The van der Waals surface area contributed by atoms with Crippen molar-refractivity contribution in [1.82, 2.24) is 14.5 Å². The number of aromatic nitrogens is 2. The topological polar surface area (TPSA) is 44.5 Å². The van der Waals surface area contributed by atoms with Crippen LogP contribution >= 0.6 is 0 Å². The van der Waals surface area contributed by atoms with Gasteiger partial charge in [0.05, 0.1) is 5.69 Å². The van der Waals surface area contributed by atoms with E-state index in [-0.39, 0.29) is 5.82 Å². The van der Waals surface area contributed by atoms with Gasteiger partial charge in [-0.2, -0.15) is 0 Å². The van der Waals surface area contributed by atoms with E-state index in [0.29, 0.717) is 17.1 Å². The van der Waals surface area contributed by atoms with Crippen LogP contribution in [0.3, 0.4) is 0 Å². The maximum Gasteiger partial charge on any atom is 0.146 e. The summed E-state index contributed by atoms with van der Waals surface area (Å²) < 4.78 is 16.6. The Morgan fingerprint density at radius 2 is 1.80 bits per heavy atom. The van der Waals surface area contributed by atoms with Crippen molar-refractivity contribution in [3.8, 4) is 0 Å². The van der Waals surface area contributed by atoms with Crippen LogP contribution in [0.1, 0.15) is 29.5 Å². The minimum atomic E-state index is -0.959. The van der Waals surface area contributed by atoms with Crippen LogP contribution in [-0.4, -0.2) is 52.3 Å². The number of piperazine rings is 1. The van der Waals surface area contributed by atoms with Crippen molar-refractivity contribution >= 4 is 5.69 Å². The Morgan fingerprint density at radius 3 is 2.50 bits per heavy atom. The van der Waals surface area contributed by atoms with Crippen LogP contribution in [0, 0.1) is 5.82 Å². The summed E-state index contributed by atoms with van der Waals surface area (Å²) in [6, 6.07) is 15.5. The highest BCUT2D eigenvalue weighted by molar-refractivity contribution is 5.57. The van der Waals surface area contributed by atoms with Gasteiger partial charge in [-0.15, -0.1) is 0 Å². The Hall–Kier alpha value is -2.70. The quantitative estimate of drug-likeness (QED) is 0.651. The van der Waals surface area contributed by atoms with Crippen LogP contribution < -0.4 is 4.90 Å². The molecule has 3 aromatic rings. The van der Waals surface area contributed by atoms with Gasteiger partial charge >= 0.3 is 0 Å². The second kappa shape index (κ2) is 9.41. The number of anilines is 1. The number of imidazole rings is 1. The fourth-order valence-corrected chi connectivity index (χ4v) is 4.21. The summed E-state index contributed by atoms with van der Waals surface area (Å²) >= 11 is 0. The highest BCUT2D eigenvalue weighted by Crippen LogP contribution is 2.33. The molecule has 1 aliphatic rings. The zero-order valence-corrected chi connectivity index (χ0v) is 17.4. The number of rotatable bonds is 7. The van der Waals surface area contributed by atoms with Crippen molar-refractivity contribution in [1.29, 1.82) is 0 Å². The first-order valence-electron chi connectivity index (χ1n) is 10.6. The number of benzene rings is 2. The van der Waals surface area contributed by atoms with Crippen molar-refractivity contribution in [3.63, 3.8) is 0 Å². The molecule has 6 heteroatoms. The summed E-state index contributed by atoms with van der Waals surface area (Å²) in [5.74, 6) is 0.222. The Balaban J connectivity index is 1.39. The molecule has 0 bridgehead atoms. The summed E-state index contributed by atoms with van der Waals surface area (Å²) in [5, 5.41) is 10.9. The van der Waals surface area contributed by atoms with Crippen LogP contribution in [0.2, 0.25) is 0 Å². The van der Waals surface area contributed by atoms with Crippen LogP contribution in [0.25, 0.3) is 0 Å². The van der Waals surface area contributed by atoms with E-state index in [2.05, 4.69) is 39.0 Å². The highest BCUT2D eigenvalue weighted by Gasteiger charge is 2.26. The summed E-state index contributed by atoms with van der Waals surface area (Å²) in [6.07, 6.45) is 4.66. The molecule has 30 heavy (non-hydrogen) atoms. The molecular weight excluding hydrogens is 379 g/mol. The minimum Gasteiger partial charge on any atom is -0.380 e. The molecule has 158 valence electrons. The lowest BCUT2D eigenvalue weighted by Crippen LogP contribution is -2.47. The third-order valence-corrected chi connectivity index (χ3v) is 5.89. The molecule has 0 amide bonds. The summed E-state index contributed by atoms with van der Waals surface area (Å²) in [5.41, 5.74) is 2.44. The number of para-hydroxylation sites is 1. The van der Waals surface area contributed by atoms with Crippen molar-refractivity contribution in [2.75, 3.05) is 37.6 Å². The van der Waals surface area contributed by atoms with E-state index < -0.39 is 6.10 Å². The van der Waals surface area contributed by atoms with E-state index in [1.807, 2.05) is 13.1 Å². The van der Waals surface area contributed by atoms with Gasteiger partial charge in [-0.3, -0.25) is 4.90 Å². The predicted molar refractivity (Wildman–Crippen MR) is 117 cm³/mol. The van der Waals surface area contributed by atoms with Crippen LogP contribution in [0.4, 0.5) is 10.1 Å². The van der Waals surface area contributed by atoms with E-state index >= 15 is 0 Å². The fraction of sp³-hybridized carbons (Fsp3) is 0.375.